The van der Waals surface area contributed by atoms with Gasteiger partial charge in [0.05, 0.1) is 23.8 Å². The fourth-order valence-electron chi connectivity index (χ4n) is 1.53. The molecule has 0 aliphatic carbocycles. The van der Waals surface area contributed by atoms with Gasteiger partial charge in [0.2, 0.25) is 5.91 Å². The molecule has 0 radical (unpaired) electrons. The van der Waals surface area contributed by atoms with Crippen molar-refractivity contribution >= 4 is 33.7 Å². The van der Waals surface area contributed by atoms with Crippen LogP contribution >= 0.6 is 15.9 Å². The van der Waals surface area contributed by atoms with Crippen molar-refractivity contribution < 1.29 is 28.6 Å². The number of benzene rings is 1. The number of hydrogen-bond donors (Lipinski definition) is 2. The van der Waals surface area contributed by atoms with Crippen LogP contribution in [0.25, 0.3) is 0 Å². The average Bonchev–Trinajstić information content (AvgIpc) is 2.52. The molecule has 1 aromatic rings. The van der Waals surface area contributed by atoms with Crippen LogP contribution in [0.4, 0.5) is 0 Å². The SMILES string of the molecule is CCOc1c(Br)cc(C(=O)OCC(=O)NNC(C)=O)cc1OC. The zero-order valence-electron chi connectivity index (χ0n) is 12.9. The van der Waals surface area contributed by atoms with Crippen LogP contribution in [-0.4, -0.2) is 38.1 Å². The summed E-state index contributed by atoms with van der Waals surface area (Å²) in [6.07, 6.45) is 0. The van der Waals surface area contributed by atoms with Gasteiger partial charge in [-0.15, -0.1) is 0 Å². The standard InChI is InChI=1S/C14H17BrN2O6/c1-4-22-13-10(15)5-9(6-11(13)21-3)14(20)23-7-12(19)17-16-8(2)18/h5-6H,4,7H2,1-3H3,(H,16,18)(H,17,19). The van der Waals surface area contributed by atoms with Gasteiger partial charge in [-0.05, 0) is 35.0 Å². The van der Waals surface area contributed by atoms with E-state index in [0.717, 1.165) is 0 Å². The lowest BCUT2D eigenvalue weighted by atomic mass is 10.2. The molecule has 1 rings (SSSR count). The Balaban J connectivity index is 2.75. The van der Waals surface area contributed by atoms with Crippen molar-refractivity contribution in [2.24, 2.45) is 0 Å². The van der Waals surface area contributed by atoms with E-state index in [2.05, 4.69) is 26.8 Å². The van der Waals surface area contributed by atoms with E-state index in [1.165, 1.54) is 26.2 Å². The highest BCUT2D eigenvalue weighted by molar-refractivity contribution is 9.10. The van der Waals surface area contributed by atoms with Crippen molar-refractivity contribution in [3.63, 3.8) is 0 Å². The topological polar surface area (TPSA) is 103 Å². The zero-order valence-corrected chi connectivity index (χ0v) is 14.5. The van der Waals surface area contributed by atoms with Crippen LogP contribution in [0.1, 0.15) is 24.2 Å². The molecule has 0 spiro atoms. The van der Waals surface area contributed by atoms with E-state index < -0.39 is 24.4 Å². The summed E-state index contributed by atoms with van der Waals surface area (Å²) >= 11 is 3.29. The number of rotatable bonds is 6. The minimum absolute atomic E-state index is 0.185. The quantitative estimate of drug-likeness (QED) is 0.560. The number of carbonyl (C=O) groups excluding carboxylic acids is 3. The largest absolute Gasteiger partial charge is 0.493 e. The van der Waals surface area contributed by atoms with Gasteiger partial charge in [-0.2, -0.15) is 0 Å². The number of nitrogens with one attached hydrogen (secondary N) is 2. The van der Waals surface area contributed by atoms with E-state index in [-0.39, 0.29) is 5.56 Å². The fraction of sp³-hybridized carbons (Fsp3) is 0.357. The first-order valence-corrected chi connectivity index (χ1v) is 7.41. The van der Waals surface area contributed by atoms with Gasteiger partial charge in [-0.3, -0.25) is 20.4 Å². The molecule has 126 valence electrons. The maximum Gasteiger partial charge on any atom is 0.338 e. The van der Waals surface area contributed by atoms with E-state index in [9.17, 15) is 14.4 Å². The van der Waals surface area contributed by atoms with Crippen molar-refractivity contribution in [1.82, 2.24) is 10.9 Å². The Hall–Kier alpha value is -2.29. The van der Waals surface area contributed by atoms with Crippen LogP contribution in [0.5, 0.6) is 11.5 Å². The third kappa shape index (κ3) is 5.78. The normalized spacial score (nSPS) is 9.74. The summed E-state index contributed by atoms with van der Waals surface area (Å²) in [5.74, 6) is -0.994. The number of methoxy groups -OCH3 is 1. The Morgan fingerprint density at radius 1 is 1.22 bits per heavy atom. The Morgan fingerprint density at radius 3 is 2.48 bits per heavy atom. The first-order chi connectivity index (χ1) is 10.9. The van der Waals surface area contributed by atoms with E-state index in [4.69, 9.17) is 14.2 Å². The lowest BCUT2D eigenvalue weighted by Crippen LogP contribution is -2.42. The number of esters is 1. The van der Waals surface area contributed by atoms with Crippen molar-refractivity contribution in [1.29, 1.82) is 0 Å². The lowest BCUT2D eigenvalue weighted by Gasteiger charge is -2.13. The molecule has 0 aliphatic rings. The molecule has 0 unspecified atom stereocenters. The Labute approximate surface area is 141 Å². The number of carbonyl (C=O) groups is 3. The first kappa shape index (κ1) is 18.8. The molecule has 0 heterocycles. The monoisotopic (exact) mass is 388 g/mol. The summed E-state index contributed by atoms with van der Waals surface area (Å²) in [5, 5.41) is 0. The van der Waals surface area contributed by atoms with Crippen molar-refractivity contribution in [2.45, 2.75) is 13.8 Å². The number of halogens is 1. The highest BCUT2D eigenvalue weighted by atomic mass is 79.9. The molecule has 0 saturated heterocycles. The molecule has 0 saturated carbocycles. The minimum atomic E-state index is -0.718. The molecular weight excluding hydrogens is 372 g/mol. The highest BCUT2D eigenvalue weighted by Crippen LogP contribution is 2.36. The summed E-state index contributed by atoms with van der Waals surface area (Å²) < 4.78 is 16.0. The van der Waals surface area contributed by atoms with Gasteiger partial charge in [0.15, 0.2) is 18.1 Å². The first-order valence-electron chi connectivity index (χ1n) is 6.61. The van der Waals surface area contributed by atoms with E-state index in [1.807, 2.05) is 6.92 Å². The number of hydrogen-bond acceptors (Lipinski definition) is 6. The summed E-state index contributed by atoms with van der Waals surface area (Å²) in [6.45, 7) is 2.95. The van der Waals surface area contributed by atoms with Gasteiger partial charge in [0.25, 0.3) is 5.91 Å². The summed E-state index contributed by atoms with van der Waals surface area (Å²) in [7, 11) is 1.44. The molecule has 8 nitrogen and oxygen atoms in total. The molecule has 2 amide bonds. The van der Waals surface area contributed by atoms with Crippen LogP contribution in [0.3, 0.4) is 0 Å². The molecule has 0 bridgehead atoms. The zero-order chi connectivity index (χ0) is 17.4. The van der Waals surface area contributed by atoms with Gasteiger partial charge < -0.3 is 14.2 Å². The maximum atomic E-state index is 12.0. The fourth-order valence-corrected chi connectivity index (χ4v) is 2.09. The number of ether oxygens (including phenoxy) is 3. The summed E-state index contributed by atoms with van der Waals surface area (Å²) in [6, 6.07) is 2.95. The molecule has 0 aromatic heterocycles. The maximum absolute atomic E-state index is 12.0. The lowest BCUT2D eigenvalue weighted by molar-refractivity contribution is -0.129. The smallest absolute Gasteiger partial charge is 0.338 e. The molecule has 1 aromatic carbocycles. The minimum Gasteiger partial charge on any atom is -0.493 e. The molecule has 0 atom stereocenters. The van der Waals surface area contributed by atoms with Crippen LogP contribution in [0, 0.1) is 0 Å². The van der Waals surface area contributed by atoms with Crippen LogP contribution in [0.2, 0.25) is 0 Å². The van der Waals surface area contributed by atoms with E-state index in [1.54, 1.807) is 0 Å². The van der Waals surface area contributed by atoms with Crippen LogP contribution < -0.4 is 20.3 Å². The Morgan fingerprint density at radius 2 is 1.91 bits per heavy atom. The van der Waals surface area contributed by atoms with Gasteiger partial charge in [0.1, 0.15) is 0 Å². The molecule has 9 heteroatoms. The molecule has 0 aliphatic heterocycles. The van der Waals surface area contributed by atoms with Crippen molar-refractivity contribution in [2.75, 3.05) is 20.3 Å². The van der Waals surface area contributed by atoms with Gasteiger partial charge >= 0.3 is 5.97 Å². The number of amides is 2. The second kappa shape index (κ2) is 8.99. The Kier molecular flexibility index (Phi) is 7.33. The van der Waals surface area contributed by atoms with Crippen LogP contribution in [0.15, 0.2) is 16.6 Å². The molecule has 0 fully saturated rings. The second-order valence-electron chi connectivity index (χ2n) is 4.23. The van der Waals surface area contributed by atoms with Crippen molar-refractivity contribution in [3.05, 3.63) is 22.2 Å². The van der Waals surface area contributed by atoms with Gasteiger partial charge in [-0.25, -0.2) is 4.79 Å². The predicted octanol–water partition coefficient (Wildman–Crippen LogP) is 1.18. The van der Waals surface area contributed by atoms with Gasteiger partial charge in [0, 0.05) is 6.92 Å². The molecular formula is C14H17BrN2O6. The summed E-state index contributed by atoms with van der Waals surface area (Å²) in [4.78, 5) is 34.0. The molecule has 23 heavy (non-hydrogen) atoms. The third-order valence-corrected chi connectivity index (χ3v) is 3.06. The van der Waals surface area contributed by atoms with Crippen LogP contribution in [-0.2, 0) is 14.3 Å². The van der Waals surface area contributed by atoms with E-state index >= 15 is 0 Å². The number of hydrazine groups is 1. The second-order valence-corrected chi connectivity index (χ2v) is 5.08. The summed E-state index contributed by atoms with van der Waals surface area (Å²) in [5.41, 5.74) is 4.35. The van der Waals surface area contributed by atoms with Gasteiger partial charge in [-0.1, -0.05) is 0 Å². The highest BCUT2D eigenvalue weighted by Gasteiger charge is 2.17. The average molecular weight is 389 g/mol. The predicted molar refractivity (Wildman–Crippen MR) is 84.1 cm³/mol. The van der Waals surface area contributed by atoms with E-state index in [0.29, 0.717) is 22.6 Å². The third-order valence-electron chi connectivity index (χ3n) is 2.47. The Bertz CT molecular complexity index is 605. The van der Waals surface area contributed by atoms with Crippen molar-refractivity contribution in [3.8, 4) is 11.5 Å². The molecule has 2 N–H and O–H groups in total.